The fourth-order valence-corrected chi connectivity index (χ4v) is 5.94. The van der Waals surface area contributed by atoms with Gasteiger partial charge in [-0.2, -0.15) is 0 Å². The number of thioether (sulfide) groups is 1. The van der Waals surface area contributed by atoms with E-state index >= 15 is 0 Å². The van der Waals surface area contributed by atoms with E-state index in [0.717, 1.165) is 45.8 Å². The molecule has 0 aliphatic heterocycles. The molecule has 2 aromatic carbocycles. The van der Waals surface area contributed by atoms with Crippen LogP contribution in [0.5, 0.6) is 11.5 Å². The SMILES string of the molecule is CCCc1sc2nc(SCCOc3ccc(C)cc3)n(-c3ccc(OCC)cc3)c(=O)c2c1C. The summed E-state index contributed by atoms with van der Waals surface area (Å²) in [7, 11) is 0. The summed E-state index contributed by atoms with van der Waals surface area (Å²) in [5.74, 6) is 2.30. The van der Waals surface area contributed by atoms with Gasteiger partial charge in [0.1, 0.15) is 16.3 Å². The molecule has 4 rings (SSSR count). The van der Waals surface area contributed by atoms with Crippen LogP contribution in [-0.4, -0.2) is 28.5 Å². The van der Waals surface area contributed by atoms with Crippen LogP contribution in [0.2, 0.25) is 0 Å². The minimum absolute atomic E-state index is 0.0211. The first-order valence-electron chi connectivity index (χ1n) is 11.6. The van der Waals surface area contributed by atoms with Crippen molar-refractivity contribution < 1.29 is 9.47 Å². The lowest BCUT2D eigenvalue weighted by molar-refractivity contribution is 0.340. The van der Waals surface area contributed by atoms with Crippen molar-refractivity contribution in [2.45, 2.75) is 45.7 Å². The van der Waals surface area contributed by atoms with Crippen LogP contribution in [0.15, 0.2) is 58.5 Å². The molecule has 0 N–H and O–H groups in total. The number of ether oxygens (including phenoxy) is 2. The first-order valence-corrected chi connectivity index (χ1v) is 13.4. The highest BCUT2D eigenvalue weighted by Gasteiger charge is 2.19. The third kappa shape index (κ3) is 5.31. The summed E-state index contributed by atoms with van der Waals surface area (Å²) in [6.07, 6.45) is 2.00. The lowest BCUT2D eigenvalue weighted by Crippen LogP contribution is -2.22. The Morgan fingerprint density at radius 3 is 2.32 bits per heavy atom. The predicted octanol–water partition coefficient (Wildman–Crippen LogP) is 6.59. The Labute approximate surface area is 208 Å². The van der Waals surface area contributed by atoms with Crippen LogP contribution in [-0.2, 0) is 6.42 Å². The zero-order chi connectivity index (χ0) is 24.1. The molecule has 2 aromatic heterocycles. The smallest absolute Gasteiger partial charge is 0.267 e. The van der Waals surface area contributed by atoms with Gasteiger partial charge in [-0.25, -0.2) is 4.98 Å². The zero-order valence-electron chi connectivity index (χ0n) is 20.1. The molecule has 0 saturated heterocycles. The number of nitrogens with zero attached hydrogens (tertiary/aromatic N) is 2. The summed E-state index contributed by atoms with van der Waals surface area (Å²) in [6, 6.07) is 15.7. The molecule has 0 aliphatic rings. The van der Waals surface area contributed by atoms with Gasteiger partial charge in [0.2, 0.25) is 0 Å². The Morgan fingerprint density at radius 2 is 1.65 bits per heavy atom. The molecule has 0 aliphatic carbocycles. The Kier molecular flexibility index (Phi) is 7.95. The third-order valence-corrected chi connectivity index (χ3v) is 7.67. The van der Waals surface area contributed by atoms with Crippen molar-refractivity contribution in [1.29, 1.82) is 0 Å². The molecule has 0 fully saturated rings. The van der Waals surface area contributed by atoms with Gasteiger partial charge >= 0.3 is 0 Å². The highest BCUT2D eigenvalue weighted by molar-refractivity contribution is 7.99. The molecular formula is C27H30N2O3S2. The van der Waals surface area contributed by atoms with Gasteiger partial charge in [-0.3, -0.25) is 9.36 Å². The molecule has 0 radical (unpaired) electrons. The predicted molar refractivity (Wildman–Crippen MR) is 143 cm³/mol. The average molecular weight is 495 g/mol. The Bertz CT molecular complexity index is 1310. The van der Waals surface area contributed by atoms with Crippen LogP contribution < -0.4 is 15.0 Å². The summed E-state index contributed by atoms with van der Waals surface area (Å²) in [5, 5.41) is 1.40. The number of hydrogen-bond acceptors (Lipinski definition) is 6. The van der Waals surface area contributed by atoms with E-state index in [4.69, 9.17) is 14.5 Å². The van der Waals surface area contributed by atoms with Gasteiger partial charge in [-0.15, -0.1) is 11.3 Å². The number of aryl methyl sites for hydroxylation is 3. The van der Waals surface area contributed by atoms with E-state index in [-0.39, 0.29) is 5.56 Å². The van der Waals surface area contributed by atoms with Gasteiger partial charge in [-0.1, -0.05) is 42.8 Å². The van der Waals surface area contributed by atoms with Crippen LogP contribution in [0.4, 0.5) is 0 Å². The van der Waals surface area contributed by atoms with Gasteiger partial charge in [0.05, 0.1) is 24.3 Å². The summed E-state index contributed by atoms with van der Waals surface area (Å²) in [4.78, 5) is 20.7. The van der Waals surface area contributed by atoms with Crippen molar-refractivity contribution in [2.24, 2.45) is 0 Å². The maximum Gasteiger partial charge on any atom is 0.267 e. The second-order valence-electron chi connectivity index (χ2n) is 8.05. The lowest BCUT2D eigenvalue weighted by atomic mass is 10.1. The molecule has 4 aromatic rings. The van der Waals surface area contributed by atoms with Crippen LogP contribution >= 0.6 is 23.1 Å². The molecule has 0 spiro atoms. The molecular weight excluding hydrogens is 464 g/mol. The maximum atomic E-state index is 13.7. The van der Waals surface area contributed by atoms with Crippen LogP contribution in [0.1, 0.15) is 36.3 Å². The molecule has 0 atom stereocenters. The molecule has 0 unspecified atom stereocenters. The van der Waals surface area contributed by atoms with E-state index < -0.39 is 0 Å². The first-order chi connectivity index (χ1) is 16.5. The van der Waals surface area contributed by atoms with Crippen molar-refractivity contribution in [3.05, 3.63) is 74.9 Å². The highest BCUT2D eigenvalue weighted by Crippen LogP contribution is 2.31. The zero-order valence-corrected chi connectivity index (χ0v) is 21.7. The maximum absolute atomic E-state index is 13.7. The summed E-state index contributed by atoms with van der Waals surface area (Å²) >= 11 is 3.18. The van der Waals surface area contributed by atoms with Gasteiger partial charge in [0.15, 0.2) is 5.16 Å². The van der Waals surface area contributed by atoms with E-state index in [9.17, 15) is 4.79 Å². The molecule has 0 amide bonds. The third-order valence-electron chi connectivity index (χ3n) is 5.52. The fraction of sp³-hybridized carbons (Fsp3) is 0.333. The molecule has 0 bridgehead atoms. The number of thiophene rings is 1. The number of benzene rings is 2. The number of fused-ring (bicyclic) bond motifs is 1. The van der Waals surface area contributed by atoms with Gasteiger partial charge in [-0.05, 0) is 69.2 Å². The Balaban J connectivity index is 1.67. The Hall–Kier alpha value is -2.77. The minimum atomic E-state index is -0.0211. The fourth-order valence-electron chi connectivity index (χ4n) is 3.79. The molecule has 2 heterocycles. The van der Waals surface area contributed by atoms with Crippen molar-refractivity contribution in [3.8, 4) is 17.2 Å². The average Bonchev–Trinajstić information content (AvgIpc) is 3.14. The lowest BCUT2D eigenvalue weighted by Gasteiger charge is -2.13. The summed E-state index contributed by atoms with van der Waals surface area (Å²) < 4.78 is 13.2. The minimum Gasteiger partial charge on any atom is -0.494 e. The van der Waals surface area contributed by atoms with Gasteiger partial charge in [0, 0.05) is 10.6 Å². The summed E-state index contributed by atoms with van der Waals surface area (Å²) in [5.41, 5.74) is 3.02. The van der Waals surface area contributed by atoms with Gasteiger partial charge in [0.25, 0.3) is 5.56 Å². The topological polar surface area (TPSA) is 53.4 Å². The molecule has 7 heteroatoms. The van der Waals surface area contributed by atoms with Crippen molar-refractivity contribution >= 4 is 33.3 Å². The van der Waals surface area contributed by atoms with Crippen LogP contribution in [0.25, 0.3) is 15.9 Å². The number of hydrogen-bond donors (Lipinski definition) is 0. The standard InChI is InChI=1S/C27H30N2O3S2/c1-5-7-23-19(4)24-25(34-23)28-27(33-17-16-32-22-12-8-18(3)9-13-22)29(26(24)30)20-10-14-21(15-11-20)31-6-2/h8-15H,5-7,16-17H2,1-4H3. The van der Waals surface area contributed by atoms with Crippen molar-refractivity contribution in [2.75, 3.05) is 19.0 Å². The second kappa shape index (κ2) is 11.1. The number of rotatable bonds is 10. The van der Waals surface area contributed by atoms with Crippen molar-refractivity contribution in [3.63, 3.8) is 0 Å². The quantitative estimate of drug-likeness (QED) is 0.141. The van der Waals surface area contributed by atoms with E-state index in [1.807, 2.05) is 62.4 Å². The molecule has 34 heavy (non-hydrogen) atoms. The van der Waals surface area contributed by atoms with E-state index in [0.29, 0.717) is 24.1 Å². The normalized spacial score (nSPS) is 11.2. The van der Waals surface area contributed by atoms with Gasteiger partial charge < -0.3 is 9.47 Å². The highest BCUT2D eigenvalue weighted by atomic mass is 32.2. The van der Waals surface area contributed by atoms with E-state index in [1.165, 1.54) is 22.2 Å². The second-order valence-corrected chi connectivity index (χ2v) is 10.2. The first kappa shape index (κ1) is 24.4. The number of aromatic nitrogens is 2. The Morgan fingerprint density at radius 1 is 0.971 bits per heavy atom. The van der Waals surface area contributed by atoms with E-state index in [2.05, 4.69) is 13.8 Å². The van der Waals surface area contributed by atoms with E-state index in [1.54, 1.807) is 15.9 Å². The van der Waals surface area contributed by atoms with Crippen LogP contribution in [0, 0.1) is 13.8 Å². The molecule has 0 saturated carbocycles. The van der Waals surface area contributed by atoms with Crippen molar-refractivity contribution in [1.82, 2.24) is 9.55 Å². The molecule has 5 nitrogen and oxygen atoms in total. The molecule has 178 valence electrons. The summed E-state index contributed by atoms with van der Waals surface area (Å²) in [6.45, 7) is 9.33. The monoisotopic (exact) mass is 494 g/mol. The van der Waals surface area contributed by atoms with Crippen LogP contribution in [0.3, 0.4) is 0 Å². The largest absolute Gasteiger partial charge is 0.494 e.